The number of rotatable bonds is 4. The zero-order valence-corrected chi connectivity index (χ0v) is 14.1. The van der Waals surface area contributed by atoms with Crippen molar-refractivity contribution < 1.29 is 19.1 Å². The molecule has 0 aliphatic rings. The van der Waals surface area contributed by atoms with Crippen molar-refractivity contribution in [3.63, 3.8) is 0 Å². The lowest BCUT2D eigenvalue weighted by molar-refractivity contribution is -0.142. The standard InChI is InChI=1S/C15H23BN2O4/c1-6-18(14(20)22-15(3,4)5)13-7-11(16)8-17-12(13)9-21-10(2)19/h7-8H,6,9,16H2,1-5H3. The van der Waals surface area contributed by atoms with E-state index in [1.165, 1.54) is 11.8 Å². The van der Waals surface area contributed by atoms with E-state index in [1.807, 2.05) is 41.6 Å². The predicted octanol–water partition coefficient (Wildman–Crippen LogP) is 1.16. The van der Waals surface area contributed by atoms with Gasteiger partial charge in [-0.1, -0.05) is 5.46 Å². The highest BCUT2D eigenvalue weighted by molar-refractivity contribution is 6.32. The van der Waals surface area contributed by atoms with Gasteiger partial charge in [0.05, 0.1) is 5.69 Å². The quantitative estimate of drug-likeness (QED) is 0.617. The summed E-state index contributed by atoms with van der Waals surface area (Å²) in [7, 11) is 1.88. The summed E-state index contributed by atoms with van der Waals surface area (Å²) in [6.07, 6.45) is 1.22. The molecule has 1 aromatic rings. The van der Waals surface area contributed by atoms with Crippen LogP contribution in [0.4, 0.5) is 10.5 Å². The molecule has 0 N–H and O–H groups in total. The number of ether oxygens (including phenoxy) is 2. The van der Waals surface area contributed by atoms with Crippen LogP contribution in [-0.2, 0) is 20.9 Å². The van der Waals surface area contributed by atoms with Crippen LogP contribution in [-0.4, -0.2) is 37.0 Å². The first-order valence-corrected chi connectivity index (χ1v) is 7.23. The van der Waals surface area contributed by atoms with Crippen LogP contribution in [0.1, 0.15) is 40.3 Å². The Labute approximate surface area is 132 Å². The molecule has 6 nitrogen and oxygen atoms in total. The molecule has 1 aromatic heterocycles. The van der Waals surface area contributed by atoms with Gasteiger partial charge in [-0.05, 0) is 33.8 Å². The monoisotopic (exact) mass is 306 g/mol. The van der Waals surface area contributed by atoms with Crippen molar-refractivity contribution in [1.29, 1.82) is 0 Å². The van der Waals surface area contributed by atoms with Gasteiger partial charge in [0.25, 0.3) is 0 Å². The predicted molar refractivity (Wildman–Crippen MR) is 87.1 cm³/mol. The Hall–Kier alpha value is -2.05. The van der Waals surface area contributed by atoms with Crippen molar-refractivity contribution in [3.8, 4) is 0 Å². The van der Waals surface area contributed by atoms with E-state index in [-0.39, 0.29) is 6.61 Å². The molecule has 0 saturated carbocycles. The minimum absolute atomic E-state index is 0.0181. The van der Waals surface area contributed by atoms with Crippen molar-refractivity contribution >= 4 is 31.1 Å². The topological polar surface area (TPSA) is 68.7 Å². The van der Waals surface area contributed by atoms with Crippen LogP contribution in [0.15, 0.2) is 12.3 Å². The Bertz CT molecular complexity index is 555. The van der Waals surface area contributed by atoms with Crippen LogP contribution in [0.25, 0.3) is 0 Å². The zero-order chi connectivity index (χ0) is 16.9. The SMILES string of the molecule is Bc1cnc(COC(C)=O)c(N(CC)C(=O)OC(C)(C)C)c1. The molecule has 0 spiro atoms. The lowest BCUT2D eigenvalue weighted by Crippen LogP contribution is -2.38. The number of hydrogen-bond acceptors (Lipinski definition) is 5. The van der Waals surface area contributed by atoms with Crippen molar-refractivity contribution in [1.82, 2.24) is 4.98 Å². The number of carbonyl (C=O) groups excluding carboxylic acids is 2. The lowest BCUT2D eigenvalue weighted by Gasteiger charge is -2.27. The van der Waals surface area contributed by atoms with Crippen molar-refractivity contribution in [2.24, 2.45) is 0 Å². The fourth-order valence-corrected chi connectivity index (χ4v) is 1.81. The summed E-state index contributed by atoms with van der Waals surface area (Å²) in [4.78, 5) is 29.1. The van der Waals surface area contributed by atoms with Gasteiger partial charge in [0.15, 0.2) is 0 Å². The highest BCUT2D eigenvalue weighted by Crippen LogP contribution is 2.21. The Kier molecular flexibility index (Phi) is 5.97. The molecule has 120 valence electrons. The maximum Gasteiger partial charge on any atom is 0.414 e. The molecule has 0 aliphatic carbocycles. The number of pyridine rings is 1. The van der Waals surface area contributed by atoms with Gasteiger partial charge in [-0.25, -0.2) is 4.79 Å². The van der Waals surface area contributed by atoms with Gasteiger partial charge in [0.2, 0.25) is 0 Å². The molecule has 0 aliphatic heterocycles. The maximum atomic E-state index is 12.4. The summed E-state index contributed by atoms with van der Waals surface area (Å²) in [5.41, 5.74) is 1.44. The molecule has 22 heavy (non-hydrogen) atoms. The summed E-state index contributed by atoms with van der Waals surface area (Å²) in [6.45, 7) is 9.06. The number of hydrogen-bond donors (Lipinski definition) is 0. The number of carbonyl (C=O) groups is 2. The Morgan fingerprint density at radius 2 is 2.00 bits per heavy atom. The van der Waals surface area contributed by atoms with Crippen molar-refractivity contribution in [3.05, 3.63) is 18.0 Å². The summed E-state index contributed by atoms with van der Waals surface area (Å²) < 4.78 is 10.4. The van der Waals surface area contributed by atoms with Crippen molar-refractivity contribution in [2.45, 2.75) is 46.8 Å². The largest absolute Gasteiger partial charge is 0.459 e. The molecule has 1 rings (SSSR count). The van der Waals surface area contributed by atoms with E-state index < -0.39 is 17.7 Å². The van der Waals surface area contributed by atoms with E-state index in [2.05, 4.69) is 4.98 Å². The highest BCUT2D eigenvalue weighted by atomic mass is 16.6. The number of esters is 1. The third-order valence-electron chi connectivity index (χ3n) is 2.72. The fourth-order valence-electron chi connectivity index (χ4n) is 1.81. The molecule has 0 fully saturated rings. The first-order chi connectivity index (χ1) is 10.1. The fraction of sp³-hybridized carbons (Fsp3) is 0.533. The third kappa shape index (κ3) is 5.39. The molecule has 0 aromatic carbocycles. The van der Waals surface area contributed by atoms with E-state index in [1.54, 1.807) is 6.20 Å². The summed E-state index contributed by atoms with van der Waals surface area (Å²) in [5, 5.41) is 0. The van der Waals surface area contributed by atoms with E-state index in [4.69, 9.17) is 9.47 Å². The van der Waals surface area contributed by atoms with E-state index in [0.29, 0.717) is 17.9 Å². The Morgan fingerprint density at radius 1 is 1.36 bits per heavy atom. The highest BCUT2D eigenvalue weighted by Gasteiger charge is 2.24. The molecular weight excluding hydrogens is 283 g/mol. The van der Waals surface area contributed by atoms with Crippen molar-refractivity contribution in [2.75, 3.05) is 11.4 Å². The second-order valence-corrected chi connectivity index (χ2v) is 5.98. The molecule has 0 radical (unpaired) electrons. The molecule has 0 saturated heterocycles. The molecule has 7 heteroatoms. The first-order valence-electron chi connectivity index (χ1n) is 7.23. The molecule has 0 unspecified atom stereocenters. The smallest absolute Gasteiger partial charge is 0.414 e. The minimum Gasteiger partial charge on any atom is -0.459 e. The molecule has 0 atom stereocenters. The van der Waals surface area contributed by atoms with E-state index >= 15 is 0 Å². The van der Waals surface area contributed by atoms with Gasteiger partial charge in [0, 0.05) is 19.7 Å². The molecule has 1 amide bonds. The number of amides is 1. The number of anilines is 1. The number of aromatic nitrogens is 1. The maximum absolute atomic E-state index is 12.4. The lowest BCUT2D eigenvalue weighted by atomic mass is 9.97. The van der Waals surface area contributed by atoms with Gasteiger partial charge in [-0.3, -0.25) is 14.7 Å². The second kappa shape index (κ2) is 7.29. The molecule has 0 bridgehead atoms. The van der Waals surface area contributed by atoms with Gasteiger partial charge in [0.1, 0.15) is 25.7 Å². The van der Waals surface area contributed by atoms with Crippen LogP contribution in [0.2, 0.25) is 0 Å². The van der Waals surface area contributed by atoms with Gasteiger partial charge in [-0.15, -0.1) is 0 Å². The van der Waals surface area contributed by atoms with E-state index in [0.717, 1.165) is 5.46 Å². The zero-order valence-electron chi connectivity index (χ0n) is 14.1. The molecular formula is C15H23BN2O4. The van der Waals surface area contributed by atoms with Crippen LogP contribution >= 0.6 is 0 Å². The van der Waals surface area contributed by atoms with Gasteiger partial charge in [-0.2, -0.15) is 0 Å². The molecule has 1 heterocycles. The van der Waals surface area contributed by atoms with Crippen LogP contribution in [0, 0.1) is 0 Å². The Morgan fingerprint density at radius 3 is 2.50 bits per heavy atom. The minimum atomic E-state index is -0.586. The van der Waals surface area contributed by atoms with Crippen LogP contribution < -0.4 is 10.4 Å². The number of nitrogens with zero attached hydrogens (tertiary/aromatic N) is 2. The average Bonchev–Trinajstić information content (AvgIpc) is 2.36. The Balaban J connectivity index is 3.11. The summed E-state index contributed by atoms with van der Waals surface area (Å²) in [6, 6.07) is 1.83. The average molecular weight is 306 g/mol. The summed E-state index contributed by atoms with van der Waals surface area (Å²) >= 11 is 0. The second-order valence-electron chi connectivity index (χ2n) is 5.98. The summed E-state index contributed by atoms with van der Waals surface area (Å²) in [5.74, 6) is -0.395. The third-order valence-corrected chi connectivity index (χ3v) is 2.72. The van der Waals surface area contributed by atoms with Crippen LogP contribution in [0.3, 0.4) is 0 Å². The van der Waals surface area contributed by atoms with Gasteiger partial charge < -0.3 is 9.47 Å². The normalized spacial score (nSPS) is 11.0. The van der Waals surface area contributed by atoms with E-state index in [9.17, 15) is 9.59 Å². The van der Waals surface area contributed by atoms with Gasteiger partial charge >= 0.3 is 12.1 Å². The first kappa shape index (κ1) is 18.0. The van der Waals surface area contributed by atoms with Crippen LogP contribution in [0.5, 0.6) is 0 Å².